The highest BCUT2D eigenvalue weighted by atomic mass is 32.2. The Hall–Kier alpha value is -1.77. The number of nitrogens with one attached hydrogen (secondary N) is 2. The largest absolute Gasteiger partial charge is 0.394 e. The van der Waals surface area contributed by atoms with Crippen molar-refractivity contribution in [3.8, 4) is 0 Å². The molecule has 0 aliphatic rings. The van der Waals surface area contributed by atoms with Gasteiger partial charge in [0.1, 0.15) is 48.8 Å². The number of carbonyl (C=O) groups excluding carboxylic acids is 2. The molecule has 0 heterocycles. The first-order valence-electron chi connectivity index (χ1n) is 10.3. The smallest absolute Gasteiger partial charge is 0.240 e. The van der Waals surface area contributed by atoms with Gasteiger partial charge in [0.2, 0.25) is 11.8 Å². The van der Waals surface area contributed by atoms with Gasteiger partial charge >= 0.3 is 0 Å². The Morgan fingerprint density at radius 1 is 0.657 bits per heavy atom. The van der Waals surface area contributed by atoms with Crippen molar-refractivity contribution in [1.82, 2.24) is 10.9 Å². The summed E-state index contributed by atoms with van der Waals surface area (Å²) in [4.78, 5) is 23.3. The van der Waals surface area contributed by atoms with Crippen molar-refractivity contribution in [2.75, 3.05) is 24.7 Å². The van der Waals surface area contributed by atoms with E-state index in [2.05, 4.69) is 21.1 Å². The lowest BCUT2D eigenvalue weighted by Crippen LogP contribution is -2.46. The van der Waals surface area contributed by atoms with Gasteiger partial charge in [-0.1, -0.05) is 0 Å². The Kier molecular flexibility index (Phi) is 17.6. The van der Waals surface area contributed by atoms with E-state index in [-0.39, 0.29) is 12.8 Å². The van der Waals surface area contributed by atoms with Crippen molar-refractivity contribution in [1.29, 1.82) is 0 Å². The predicted octanol–water partition coefficient (Wildman–Crippen LogP) is -6.42. The third-order valence-corrected chi connectivity index (χ3v) is 5.33. The summed E-state index contributed by atoms with van der Waals surface area (Å²) in [6.45, 7) is -1.66. The summed E-state index contributed by atoms with van der Waals surface area (Å²) < 4.78 is 0. The molecular formula is C18H34N4O12S. The zero-order chi connectivity index (χ0) is 27.0. The Bertz CT molecular complexity index is 619. The Labute approximate surface area is 204 Å². The van der Waals surface area contributed by atoms with Gasteiger partial charge in [-0.3, -0.25) is 9.59 Å². The summed E-state index contributed by atoms with van der Waals surface area (Å²) >= 11 is 1.25. The van der Waals surface area contributed by atoms with E-state index in [1.54, 1.807) is 0 Å². The van der Waals surface area contributed by atoms with Crippen LogP contribution in [0.4, 0.5) is 0 Å². The normalized spacial score (nSPS) is 19.0. The van der Waals surface area contributed by atoms with Crippen molar-refractivity contribution in [3.05, 3.63) is 0 Å². The molecule has 0 aliphatic heterocycles. The fraction of sp³-hybridized carbons (Fsp3) is 0.778. The molecule has 35 heavy (non-hydrogen) atoms. The summed E-state index contributed by atoms with van der Waals surface area (Å²) in [5.74, 6) is -0.469. The minimum atomic E-state index is -1.84. The third-order valence-electron chi connectivity index (χ3n) is 4.34. The molecule has 2 amide bonds. The fourth-order valence-electron chi connectivity index (χ4n) is 2.17. The quantitative estimate of drug-likeness (QED) is 0.0446. The van der Waals surface area contributed by atoms with Gasteiger partial charge in [0.25, 0.3) is 0 Å². The minimum Gasteiger partial charge on any atom is -0.394 e. The molecule has 12 N–H and O–H groups in total. The number of hydrogen-bond acceptors (Lipinski definition) is 15. The van der Waals surface area contributed by atoms with E-state index >= 15 is 0 Å². The van der Waals surface area contributed by atoms with Crippen molar-refractivity contribution in [3.63, 3.8) is 0 Å². The van der Waals surface area contributed by atoms with Gasteiger partial charge in [-0.05, 0) is 0 Å². The molecule has 0 saturated carbocycles. The second kappa shape index (κ2) is 18.5. The average Bonchev–Trinajstić information content (AvgIpc) is 2.85. The Morgan fingerprint density at radius 3 is 1.31 bits per heavy atom. The molecule has 17 heteroatoms. The summed E-state index contributed by atoms with van der Waals surface area (Å²) in [6.07, 6.45) is -12.6. The molecule has 0 bridgehead atoms. The van der Waals surface area contributed by atoms with Crippen molar-refractivity contribution in [2.45, 2.75) is 61.7 Å². The van der Waals surface area contributed by atoms with Gasteiger partial charge < -0.3 is 51.1 Å². The highest BCUT2D eigenvalue weighted by molar-refractivity contribution is 7.99. The maximum absolute atomic E-state index is 11.7. The number of hydrogen-bond donors (Lipinski definition) is 12. The average molecular weight is 531 g/mol. The van der Waals surface area contributed by atoms with Gasteiger partial charge in [-0.25, -0.2) is 10.9 Å². The number of rotatable bonds is 18. The van der Waals surface area contributed by atoms with E-state index in [0.717, 1.165) is 12.4 Å². The van der Waals surface area contributed by atoms with Crippen molar-refractivity contribution < 1.29 is 60.7 Å². The number of carbonyl (C=O) groups is 2. The van der Waals surface area contributed by atoms with Crippen LogP contribution in [0.5, 0.6) is 0 Å². The summed E-state index contributed by atoms with van der Waals surface area (Å²) in [7, 11) is 0. The lowest BCUT2D eigenvalue weighted by atomic mass is 10.0. The zero-order valence-electron chi connectivity index (χ0n) is 18.6. The minimum absolute atomic E-state index is 0.00161. The highest BCUT2D eigenvalue weighted by Crippen LogP contribution is 2.06. The van der Waals surface area contributed by atoms with Crippen LogP contribution in [0.2, 0.25) is 0 Å². The van der Waals surface area contributed by atoms with E-state index in [1.807, 2.05) is 0 Å². The second-order valence-electron chi connectivity index (χ2n) is 7.18. The van der Waals surface area contributed by atoms with E-state index in [1.165, 1.54) is 11.8 Å². The molecule has 8 atom stereocenters. The lowest BCUT2D eigenvalue weighted by Gasteiger charge is -2.23. The molecule has 16 nitrogen and oxygen atoms in total. The number of hydrazone groups is 2. The van der Waals surface area contributed by atoms with Crippen LogP contribution in [-0.4, -0.2) is 149 Å². The predicted molar refractivity (Wildman–Crippen MR) is 122 cm³/mol. The van der Waals surface area contributed by atoms with Crippen molar-refractivity contribution >= 4 is 36.0 Å². The monoisotopic (exact) mass is 530 g/mol. The van der Waals surface area contributed by atoms with Crippen LogP contribution < -0.4 is 10.9 Å². The number of amides is 2. The molecule has 0 saturated heterocycles. The van der Waals surface area contributed by atoms with Crippen LogP contribution in [0.1, 0.15) is 12.8 Å². The number of nitrogens with zero attached hydrogens (tertiary/aromatic N) is 2. The molecule has 0 spiro atoms. The van der Waals surface area contributed by atoms with Crippen molar-refractivity contribution in [2.24, 2.45) is 10.2 Å². The summed E-state index contributed by atoms with van der Waals surface area (Å²) in [6, 6.07) is 0. The fourth-order valence-corrected chi connectivity index (χ4v) is 3.03. The first-order chi connectivity index (χ1) is 16.5. The standard InChI is InChI=1S/C18H34N4O12S/c23-7-11(27)17(33)15(31)9(25)5-19-21-13(29)1-3-35-4-2-14(30)22-20-6-10(26)16(32)18(34)12(28)8-24/h5-6,9-12,15-18,23-28,31-34H,1-4,7-8H2,(H,21,29)(H,22,30)/b19-5-,20-6-. The topological polar surface area (TPSA) is 285 Å². The van der Waals surface area contributed by atoms with Gasteiger partial charge in [0.05, 0.1) is 25.6 Å². The molecule has 0 aromatic carbocycles. The lowest BCUT2D eigenvalue weighted by molar-refractivity contribution is -0.121. The SMILES string of the molecule is O=C(CCSCCC(=O)N/N=C\C(O)C(O)C(O)C(O)CO)N/N=C\C(O)C(O)C(O)C(O)CO. The van der Waals surface area contributed by atoms with Gasteiger partial charge in [-0.2, -0.15) is 22.0 Å². The molecule has 0 aliphatic carbocycles. The van der Waals surface area contributed by atoms with E-state index in [9.17, 15) is 50.4 Å². The number of aliphatic hydroxyl groups excluding tert-OH is 10. The molecule has 204 valence electrons. The van der Waals surface area contributed by atoms with Gasteiger partial charge in [-0.15, -0.1) is 0 Å². The van der Waals surface area contributed by atoms with Crippen LogP contribution >= 0.6 is 11.8 Å². The summed E-state index contributed by atoms with van der Waals surface area (Å²) in [5.41, 5.74) is 4.16. The first kappa shape index (κ1) is 33.2. The third kappa shape index (κ3) is 13.8. The number of aliphatic hydroxyl groups is 10. The van der Waals surface area contributed by atoms with Crippen LogP contribution in [0.3, 0.4) is 0 Å². The molecular weight excluding hydrogens is 496 g/mol. The maximum atomic E-state index is 11.7. The molecule has 0 radical (unpaired) electrons. The van der Waals surface area contributed by atoms with Crippen LogP contribution in [-0.2, 0) is 9.59 Å². The Balaban J connectivity index is 4.08. The first-order valence-corrected chi connectivity index (χ1v) is 11.5. The molecule has 0 aromatic rings. The molecule has 8 unspecified atom stereocenters. The molecule has 0 aromatic heterocycles. The van der Waals surface area contributed by atoms with Gasteiger partial charge in [0, 0.05) is 24.3 Å². The maximum Gasteiger partial charge on any atom is 0.240 e. The van der Waals surface area contributed by atoms with Crippen LogP contribution in [0.25, 0.3) is 0 Å². The van der Waals surface area contributed by atoms with E-state index in [4.69, 9.17) is 10.2 Å². The van der Waals surface area contributed by atoms with Crippen LogP contribution in [0.15, 0.2) is 10.2 Å². The number of thioether (sulfide) groups is 1. The van der Waals surface area contributed by atoms with Gasteiger partial charge in [0.15, 0.2) is 0 Å². The molecule has 0 rings (SSSR count). The zero-order valence-corrected chi connectivity index (χ0v) is 19.4. The molecule has 0 fully saturated rings. The Morgan fingerprint density at radius 2 is 1.00 bits per heavy atom. The summed E-state index contributed by atoms with van der Waals surface area (Å²) in [5, 5.41) is 99.9. The van der Waals surface area contributed by atoms with Crippen LogP contribution in [0, 0.1) is 0 Å². The van der Waals surface area contributed by atoms with E-state index in [0.29, 0.717) is 11.5 Å². The van der Waals surface area contributed by atoms with E-state index < -0.39 is 73.9 Å². The second-order valence-corrected chi connectivity index (χ2v) is 8.41. The highest BCUT2D eigenvalue weighted by Gasteiger charge is 2.30.